The number of ether oxygens (including phenoxy) is 1. The monoisotopic (exact) mass is 214 g/mol. The van der Waals surface area contributed by atoms with Crippen molar-refractivity contribution in [2.45, 2.75) is 58.5 Å². The summed E-state index contributed by atoms with van der Waals surface area (Å²) in [5, 5.41) is 9.54. The molecule has 0 heterocycles. The Hall–Kier alpha value is -0.0800. The van der Waals surface area contributed by atoms with Crippen molar-refractivity contribution in [1.29, 1.82) is 0 Å². The normalized spacial score (nSPS) is 32.2. The van der Waals surface area contributed by atoms with E-state index in [0.29, 0.717) is 5.92 Å². The number of aliphatic hydroxyl groups excluding tert-OH is 1. The number of hydrogen-bond acceptors (Lipinski definition) is 2. The Bertz CT molecular complexity index is 179. The predicted octanol–water partition coefficient (Wildman–Crippen LogP) is 2.99. The van der Waals surface area contributed by atoms with Gasteiger partial charge in [0.25, 0.3) is 0 Å². The van der Waals surface area contributed by atoms with E-state index in [1.54, 1.807) is 0 Å². The van der Waals surface area contributed by atoms with Crippen molar-refractivity contribution >= 4 is 0 Å². The van der Waals surface area contributed by atoms with Gasteiger partial charge in [-0.15, -0.1) is 0 Å². The van der Waals surface area contributed by atoms with Crippen LogP contribution in [0.5, 0.6) is 0 Å². The first-order chi connectivity index (χ1) is 7.13. The minimum Gasteiger partial charge on any atom is -0.393 e. The van der Waals surface area contributed by atoms with E-state index in [-0.39, 0.29) is 12.2 Å². The van der Waals surface area contributed by atoms with Gasteiger partial charge in [-0.3, -0.25) is 0 Å². The maximum absolute atomic E-state index is 9.54. The number of hydrogen-bond donors (Lipinski definition) is 1. The van der Waals surface area contributed by atoms with Crippen LogP contribution < -0.4 is 0 Å². The van der Waals surface area contributed by atoms with Crippen molar-refractivity contribution in [1.82, 2.24) is 0 Å². The second-order valence-corrected chi connectivity index (χ2v) is 5.29. The fraction of sp³-hybridized carbons (Fsp3) is 1.00. The average molecular weight is 214 g/mol. The zero-order valence-corrected chi connectivity index (χ0v) is 10.5. The van der Waals surface area contributed by atoms with Gasteiger partial charge in [0.1, 0.15) is 0 Å². The van der Waals surface area contributed by atoms with E-state index in [2.05, 4.69) is 20.8 Å². The molecule has 2 unspecified atom stereocenters. The zero-order chi connectivity index (χ0) is 11.3. The first kappa shape index (κ1) is 13.0. The summed E-state index contributed by atoms with van der Waals surface area (Å²) in [5.41, 5.74) is -0.219. The van der Waals surface area contributed by atoms with Gasteiger partial charge in [0, 0.05) is 6.61 Å². The lowest BCUT2D eigenvalue weighted by Gasteiger charge is -2.41. The van der Waals surface area contributed by atoms with Gasteiger partial charge in [-0.05, 0) is 37.5 Å². The predicted molar refractivity (Wildman–Crippen MR) is 62.9 cm³/mol. The van der Waals surface area contributed by atoms with Crippen molar-refractivity contribution in [3.05, 3.63) is 0 Å². The molecule has 0 aliphatic heterocycles. The summed E-state index contributed by atoms with van der Waals surface area (Å²) in [6.07, 6.45) is 5.62. The van der Waals surface area contributed by atoms with Crippen molar-refractivity contribution in [2.75, 3.05) is 13.2 Å². The SMILES string of the molecule is CCCOC1(CO)CCCC(C(C)C)C1. The van der Waals surface area contributed by atoms with Crippen LogP contribution in [0.25, 0.3) is 0 Å². The summed E-state index contributed by atoms with van der Waals surface area (Å²) in [6.45, 7) is 7.64. The van der Waals surface area contributed by atoms with Crippen LogP contribution in [0.4, 0.5) is 0 Å². The molecule has 0 spiro atoms. The van der Waals surface area contributed by atoms with Crippen molar-refractivity contribution in [3.63, 3.8) is 0 Å². The van der Waals surface area contributed by atoms with Crippen LogP contribution >= 0.6 is 0 Å². The molecule has 1 aliphatic rings. The zero-order valence-electron chi connectivity index (χ0n) is 10.5. The van der Waals surface area contributed by atoms with E-state index in [4.69, 9.17) is 4.74 Å². The van der Waals surface area contributed by atoms with Gasteiger partial charge < -0.3 is 9.84 Å². The van der Waals surface area contributed by atoms with Crippen LogP contribution in [-0.2, 0) is 4.74 Å². The molecule has 1 saturated carbocycles. The Labute approximate surface area is 94.0 Å². The fourth-order valence-electron chi connectivity index (χ4n) is 2.58. The van der Waals surface area contributed by atoms with E-state index >= 15 is 0 Å². The quantitative estimate of drug-likeness (QED) is 0.762. The summed E-state index contributed by atoms with van der Waals surface area (Å²) in [4.78, 5) is 0. The Morgan fingerprint density at radius 3 is 2.73 bits per heavy atom. The lowest BCUT2D eigenvalue weighted by molar-refractivity contribution is -0.116. The van der Waals surface area contributed by atoms with E-state index in [9.17, 15) is 5.11 Å². The molecule has 0 amide bonds. The van der Waals surface area contributed by atoms with Gasteiger partial charge in [0.15, 0.2) is 0 Å². The smallest absolute Gasteiger partial charge is 0.0914 e. The molecule has 1 rings (SSSR count). The molecule has 0 aromatic rings. The van der Waals surface area contributed by atoms with Crippen LogP contribution in [0.2, 0.25) is 0 Å². The third kappa shape index (κ3) is 3.46. The fourth-order valence-corrected chi connectivity index (χ4v) is 2.58. The number of rotatable bonds is 5. The summed E-state index contributed by atoms with van der Waals surface area (Å²) >= 11 is 0. The first-order valence-corrected chi connectivity index (χ1v) is 6.38. The van der Waals surface area contributed by atoms with Gasteiger partial charge >= 0.3 is 0 Å². The second kappa shape index (κ2) is 5.86. The molecule has 90 valence electrons. The molecule has 1 aliphatic carbocycles. The topological polar surface area (TPSA) is 29.5 Å². The van der Waals surface area contributed by atoms with Gasteiger partial charge in [-0.1, -0.05) is 27.2 Å². The molecule has 0 bridgehead atoms. The highest BCUT2D eigenvalue weighted by Gasteiger charge is 2.37. The van der Waals surface area contributed by atoms with Gasteiger partial charge in [0.05, 0.1) is 12.2 Å². The summed E-state index contributed by atoms with van der Waals surface area (Å²) < 4.78 is 5.90. The molecule has 2 atom stereocenters. The van der Waals surface area contributed by atoms with Crippen molar-refractivity contribution in [3.8, 4) is 0 Å². The van der Waals surface area contributed by atoms with Crippen molar-refractivity contribution in [2.24, 2.45) is 11.8 Å². The average Bonchev–Trinajstić information content (AvgIpc) is 2.26. The Morgan fingerprint density at radius 1 is 1.47 bits per heavy atom. The standard InChI is InChI=1S/C13H26O2/c1-4-8-15-13(10-14)7-5-6-12(9-13)11(2)3/h11-12,14H,4-10H2,1-3H3. The Kier molecular flexibility index (Phi) is 5.07. The second-order valence-electron chi connectivity index (χ2n) is 5.29. The van der Waals surface area contributed by atoms with Crippen molar-refractivity contribution < 1.29 is 9.84 Å². The highest BCUT2D eigenvalue weighted by atomic mass is 16.5. The molecule has 1 N–H and O–H groups in total. The molecular weight excluding hydrogens is 188 g/mol. The minimum absolute atomic E-state index is 0.191. The van der Waals surface area contributed by atoms with Gasteiger partial charge in [-0.2, -0.15) is 0 Å². The van der Waals surface area contributed by atoms with Gasteiger partial charge in [-0.25, -0.2) is 0 Å². The molecule has 2 heteroatoms. The maximum atomic E-state index is 9.54. The van der Waals surface area contributed by atoms with Crippen LogP contribution in [-0.4, -0.2) is 23.9 Å². The van der Waals surface area contributed by atoms with Crippen LogP contribution in [0.15, 0.2) is 0 Å². The number of aliphatic hydroxyl groups is 1. The van der Waals surface area contributed by atoms with E-state index in [1.165, 1.54) is 12.8 Å². The van der Waals surface area contributed by atoms with Crippen LogP contribution in [0, 0.1) is 11.8 Å². The summed E-state index contributed by atoms with van der Waals surface area (Å²) in [7, 11) is 0. The summed E-state index contributed by atoms with van der Waals surface area (Å²) in [5.74, 6) is 1.43. The molecule has 0 saturated heterocycles. The molecular formula is C13H26O2. The molecule has 1 fully saturated rings. The largest absolute Gasteiger partial charge is 0.393 e. The minimum atomic E-state index is -0.219. The van der Waals surface area contributed by atoms with Crippen LogP contribution in [0.1, 0.15) is 52.9 Å². The van der Waals surface area contributed by atoms with Gasteiger partial charge in [0.2, 0.25) is 0 Å². The third-order valence-electron chi connectivity index (χ3n) is 3.68. The molecule has 0 radical (unpaired) electrons. The molecule has 0 aromatic carbocycles. The van der Waals surface area contributed by atoms with Crippen LogP contribution in [0.3, 0.4) is 0 Å². The highest BCUT2D eigenvalue weighted by Crippen LogP contribution is 2.38. The van der Waals surface area contributed by atoms with E-state index in [1.807, 2.05) is 0 Å². The third-order valence-corrected chi connectivity index (χ3v) is 3.68. The van der Waals surface area contributed by atoms with E-state index in [0.717, 1.165) is 31.8 Å². The lowest BCUT2D eigenvalue weighted by atomic mass is 9.74. The Balaban J connectivity index is 2.55. The Morgan fingerprint density at radius 2 is 2.20 bits per heavy atom. The van der Waals surface area contributed by atoms with E-state index < -0.39 is 0 Å². The molecule has 0 aromatic heterocycles. The molecule has 2 nitrogen and oxygen atoms in total. The highest BCUT2D eigenvalue weighted by molar-refractivity contribution is 4.88. The molecule has 15 heavy (non-hydrogen) atoms. The first-order valence-electron chi connectivity index (χ1n) is 6.38. The summed E-state index contributed by atoms with van der Waals surface area (Å²) in [6, 6.07) is 0. The maximum Gasteiger partial charge on any atom is 0.0914 e. The lowest BCUT2D eigenvalue weighted by Crippen LogP contribution is -2.43.